The molecule has 1 atom stereocenters. The smallest absolute Gasteiger partial charge is 0.329 e. The standard InChI is InChI=1S/C21H20N2O6/c1-13(2)11-18(22-19(24)16-5-3-4-6-17(16)20(22)25)21(26)29-12-14-7-9-15(10-8-14)23(27)28/h3-10,13,18H,11-12H2,1-2H3/t18-/m1/s1. The number of nitrogens with zero attached hydrogens (tertiary/aromatic N) is 2. The normalized spacial score (nSPS) is 14.1. The molecule has 8 nitrogen and oxygen atoms in total. The van der Waals surface area contributed by atoms with Crippen LogP contribution in [0.3, 0.4) is 0 Å². The average Bonchev–Trinajstić information content (AvgIpc) is 2.95. The molecule has 1 heterocycles. The lowest BCUT2D eigenvalue weighted by Gasteiger charge is -2.26. The maximum Gasteiger partial charge on any atom is 0.329 e. The highest BCUT2D eigenvalue weighted by Gasteiger charge is 2.43. The van der Waals surface area contributed by atoms with Crippen LogP contribution in [-0.4, -0.2) is 33.6 Å². The zero-order valence-corrected chi connectivity index (χ0v) is 16.0. The van der Waals surface area contributed by atoms with Crippen LogP contribution in [0.5, 0.6) is 0 Å². The first-order valence-electron chi connectivity index (χ1n) is 9.16. The molecule has 0 saturated carbocycles. The lowest BCUT2D eigenvalue weighted by molar-refractivity contribution is -0.384. The summed E-state index contributed by atoms with van der Waals surface area (Å²) in [5, 5.41) is 10.7. The summed E-state index contributed by atoms with van der Waals surface area (Å²) in [7, 11) is 0. The van der Waals surface area contributed by atoms with Gasteiger partial charge < -0.3 is 4.74 Å². The zero-order valence-electron chi connectivity index (χ0n) is 16.0. The van der Waals surface area contributed by atoms with Gasteiger partial charge in [0.15, 0.2) is 0 Å². The average molecular weight is 396 g/mol. The summed E-state index contributed by atoms with van der Waals surface area (Å²) in [6.07, 6.45) is 0.268. The summed E-state index contributed by atoms with van der Waals surface area (Å²) in [4.78, 5) is 49.4. The minimum atomic E-state index is -1.04. The van der Waals surface area contributed by atoms with Crippen molar-refractivity contribution in [1.82, 2.24) is 4.90 Å². The maximum atomic E-state index is 12.8. The fraction of sp³-hybridized carbons (Fsp3) is 0.286. The molecule has 0 unspecified atom stereocenters. The Kier molecular flexibility index (Phi) is 5.72. The highest BCUT2D eigenvalue weighted by Crippen LogP contribution is 2.27. The molecule has 150 valence electrons. The first-order chi connectivity index (χ1) is 13.8. The number of ether oxygens (including phenoxy) is 1. The largest absolute Gasteiger partial charge is 0.459 e. The van der Waals surface area contributed by atoms with E-state index in [9.17, 15) is 24.5 Å². The molecule has 0 spiro atoms. The molecule has 2 aromatic rings. The number of benzene rings is 2. The minimum absolute atomic E-state index is 0.0382. The van der Waals surface area contributed by atoms with Gasteiger partial charge in [0.25, 0.3) is 17.5 Å². The van der Waals surface area contributed by atoms with Crippen LogP contribution in [-0.2, 0) is 16.1 Å². The van der Waals surface area contributed by atoms with E-state index in [-0.39, 0.29) is 35.8 Å². The van der Waals surface area contributed by atoms with Gasteiger partial charge in [-0.2, -0.15) is 0 Å². The van der Waals surface area contributed by atoms with Crippen molar-refractivity contribution in [1.29, 1.82) is 0 Å². The number of amides is 2. The monoisotopic (exact) mass is 396 g/mol. The third kappa shape index (κ3) is 4.16. The van der Waals surface area contributed by atoms with Gasteiger partial charge in [-0.05, 0) is 42.2 Å². The maximum absolute atomic E-state index is 12.8. The van der Waals surface area contributed by atoms with Crippen LogP contribution >= 0.6 is 0 Å². The molecule has 0 N–H and O–H groups in total. The van der Waals surface area contributed by atoms with Crippen molar-refractivity contribution in [2.24, 2.45) is 5.92 Å². The number of rotatable bonds is 7. The van der Waals surface area contributed by atoms with Gasteiger partial charge in [-0.1, -0.05) is 26.0 Å². The Morgan fingerprint density at radius 1 is 1.03 bits per heavy atom. The van der Waals surface area contributed by atoms with Crippen LogP contribution in [0, 0.1) is 16.0 Å². The molecule has 1 aliphatic rings. The van der Waals surface area contributed by atoms with Crippen molar-refractivity contribution in [3.63, 3.8) is 0 Å². The molecule has 0 saturated heterocycles. The number of hydrogen-bond donors (Lipinski definition) is 0. The van der Waals surface area contributed by atoms with Crippen molar-refractivity contribution in [3.05, 3.63) is 75.3 Å². The van der Waals surface area contributed by atoms with Crippen molar-refractivity contribution < 1.29 is 24.0 Å². The Morgan fingerprint density at radius 3 is 2.07 bits per heavy atom. The predicted molar refractivity (Wildman–Crippen MR) is 103 cm³/mol. The van der Waals surface area contributed by atoms with Crippen LogP contribution in [0.15, 0.2) is 48.5 Å². The molecule has 0 aromatic heterocycles. The van der Waals surface area contributed by atoms with Gasteiger partial charge in [-0.3, -0.25) is 24.6 Å². The third-order valence-corrected chi connectivity index (χ3v) is 4.63. The number of fused-ring (bicyclic) bond motifs is 1. The number of carbonyl (C=O) groups excluding carboxylic acids is 3. The van der Waals surface area contributed by atoms with Crippen molar-refractivity contribution >= 4 is 23.5 Å². The quantitative estimate of drug-likeness (QED) is 0.307. The zero-order chi connectivity index (χ0) is 21.1. The van der Waals surface area contributed by atoms with Gasteiger partial charge in [0.05, 0.1) is 16.1 Å². The first-order valence-corrected chi connectivity index (χ1v) is 9.16. The van der Waals surface area contributed by atoms with Crippen molar-refractivity contribution in [3.8, 4) is 0 Å². The molecule has 0 fully saturated rings. The second kappa shape index (κ2) is 8.22. The number of carbonyl (C=O) groups is 3. The molecular formula is C21H20N2O6. The lowest BCUT2D eigenvalue weighted by atomic mass is 10.0. The van der Waals surface area contributed by atoms with E-state index in [1.165, 1.54) is 24.3 Å². The van der Waals surface area contributed by atoms with Crippen LogP contribution in [0.1, 0.15) is 46.5 Å². The molecule has 2 amide bonds. The molecule has 0 aliphatic carbocycles. The summed E-state index contributed by atoms with van der Waals surface area (Å²) in [5.41, 5.74) is 1.04. The topological polar surface area (TPSA) is 107 Å². The molecule has 1 aliphatic heterocycles. The molecule has 8 heteroatoms. The fourth-order valence-corrected chi connectivity index (χ4v) is 3.21. The number of imide groups is 1. The second-order valence-electron chi connectivity index (χ2n) is 7.20. The van der Waals surface area contributed by atoms with Gasteiger partial charge in [0.2, 0.25) is 0 Å². The van der Waals surface area contributed by atoms with Crippen molar-refractivity contribution in [2.75, 3.05) is 0 Å². The van der Waals surface area contributed by atoms with Gasteiger partial charge in [-0.15, -0.1) is 0 Å². The summed E-state index contributed by atoms with van der Waals surface area (Å²) < 4.78 is 5.34. The lowest BCUT2D eigenvalue weighted by Crippen LogP contribution is -2.46. The third-order valence-electron chi connectivity index (χ3n) is 4.63. The van der Waals surface area contributed by atoms with Crippen LogP contribution in [0.4, 0.5) is 5.69 Å². The van der Waals surface area contributed by atoms with Gasteiger partial charge >= 0.3 is 5.97 Å². The summed E-state index contributed by atoms with van der Waals surface area (Å²) in [5.74, 6) is -1.67. The van der Waals surface area contributed by atoms with Crippen LogP contribution < -0.4 is 0 Å². The number of nitro benzene ring substituents is 1. The molecule has 0 radical (unpaired) electrons. The Morgan fingerprint density at radius 2 is 1.59 bits per heavy atom. The van der Waals surface area contributed by atoms with E-state index < -0.39 is 28.7 Å². The van der Waals surface area contributed by atoms with E-state index in [1.807, 2.05) is 13.8 Å². The SMILES string of the molecule is CC(C)C[C@H](C(=O)OCc1ccc([N+](=O)[O-])cc1)N1C(=O)c2ccccc2C1=O. The van der Waals surface area contributed by atoms with E-state index in [0.717, 1.165) is 4.90 Å². The summed E-state index contributed by atoms with van der Waals surface area (Å²) in [6, 6.07) is 11.0. The Labute approximate surface area is 167 Å². The first kappa shape index (κ1) is 20.2. The number of nitro groups is 1. The van der Waals surface area contributed by atoms with Crippen LogP contribution in [0.25, 0.3) is 0 Å². The predicted octanol–water partition coefficient (Wildman–Crippen LogP) is 3.35. The van der Waals surface area contributed by atoms with Crippen molar-refractivity contribution in [2.45, 2.75) is 32.9 Å². The van der Waals surface area contributed by atoms with E-state index >= 15 is 0 Å². The van der Waals surface area contributed by atoms with E-state index in [4.69, 9.17) is 4.74 Å². The number of hydrogen-bond acceptors (Lipinski definition) is 6. The van der Waals surface area contributed by atoms with E-state index in [0.29, 0.717) is 5.56 Å². The Bertz CT molecular complexity index is 932. The highest BCUT2D eigenvalue weighted by atomic mass is 16.6. The van der Waals surface area contributed by atoms with Gasteiger partial charge in [0, 0.05) is 12.1 Å². The fourth-order valence-electron chi connectivity index (χ4n) is 3.21. The highest BCUT2D eigenvalue weighted by molar-refractivity contribution is 6.22. The van der Waals surface area contributed by atoms with E-state index in [1.54, 1.807) is 24.3 Å². The molecule has 3 rings (SSSR count). The van der Waals surface area contributed by atoms with Crippen LogP contribution in [0.2, 0.25) is 0 Å². The Hall–Kier alpha value is -3.55. The molecule has 0 bridgehead atoms. The minimum Gasteiger partial charge on any atom is -0.459 e. The van der Waals surface area contributed by atoms with Gasteiger partial charge in [-0.25, -0.2) is 4.79 Å². The van der Waals surface area contributed by atoms with E-state index in [2.05, 4.69) is 0 Å². The molecule has 2 aromatic carbocycles. The second-order valence-corrected chi connectivity index (χ2v) is 7.20. The van der Waals surface area contributed by atoms with Gasteiger partial charge in [0.1, 0.15) is 12.6 Å². The summed E-state index contributed by atoms with van der Waals surface area (Å²) in [6.45, 7) is 3.65. The molecule has 29 heavy (non-hydrogen) atoms. The number of esters is 1. The summed E-state index contributed by atoms with van der Waals surface area (Å²) >= 11 is 0. The molecular weight excluding hydrogens is 376 g/mol. The number of non-ortho nitro benzene ring substituents is 1. The Balaban J connectivity index is 1.77.